The van der Waals surface area contributed by atoms with E-state index in [1.807, 2.05) is 6.92 Å². The number of pyridine rings is 2. The first-order valence-corrected chi connectivity index (χ1v) is 20.9. The van der Waals surface area contributed by atoms with Crippen LogP contribution in [0.4, 0.5) is 0 Å². The third-order valence-corrected chi connectivity index (χ3v) is 12.3. The molecule has 4 nitrogen and oxygen atoms in total. The van der Waals surface area contributed by atoms with E-state index in [9.17, 15) is 0 Å². The summed E-state index contributed by atoms with van der Waals surface area (Å²) in [5, 5.41) is 3.73. The lowest BCUT2D eigenvalue weighted by Crippen LogP contribution is -2.54. The lowest BCUT2D eigenvalue weighted by molar-refractivity contribution is -0.708. The quantitative estimate of drug-likeness (QED) is 0.142. The first-order chi connectivity index (χ1) is 22.5. The highest BCUT2D eigenvalue weighted by Crippen LogP contribution is 2.46. The van der Waals surface area contributed by atoms with E-state index in [-0.39, 0.29) is 12.0 Å². The lowest BCUT2D eigenvalue weighted by Gasteiger charge is -2.32. The van der Waals surface area contributed by atoms with Crippen molar-refractivity contribution in [2.75, 3.05) is 0 Å². The standard InChI is InChI=1S/C42H48N3OSi/c1-10-11-12-17-35-39-29(22-26(4)38-33-20-18-27(5)43-42(33)46-41(38)39)19-21-32-30-15-13-14-16-31(30)36-23-34(25(2)3)37(47(7,8)9)24-45(36)40(32)28(6)44-35/h12-18,20,22-25,32,40H,6,10-11,19,21H2,1-5,7-9H3/q+1/b17-12-,44-35-. The summed E-state index contributed by atoms with van der Waals surface area (Å²) < 4.78 is 9.24. The van der Waals surface area contributed by atoms with Gasteiger partial charge < -0.3 is 4.42 Å². The molecule has 2 aliphatic rings. The Bertz CT molecular complexity index is 2120. The zero-order chi connectivity index (χ0) is 33.2. The first kappa shape index (κ1) is 31.5. The van der Waals surface area contributed by atoms with E-state index >= 15 is 0 Å². The molecule has 2 unspecified atom stereocenters. The summed E-state index contributed by atoms with van der Waals surface area (Å²) in [4.78, 5) is 10.3. The van der Waals surface area contributed by atoms with Crippen LogP contribution in [0.5, 0.6) is 0 Å². The number of rotatable bonds is 5. The number of fused-ring (bicyclic) bond motifs is 11. The number of aryl methyl sites for hydroxylation is 3. The van der Waals surface area contributed by atoms with Crippen molar-refractivity contribution in [2.24, 2.45) is 4.99 Å². The van der Waals surface area contributed by atoms with Crippen molar-refractivity contribution >= 4 is 41.0 Å². The van der Waals surface area contributed by atoms with Gasteiger partial charge >= 0.3 is 0 Å². The van der Waals surface area contributed by atoms with Crippen LogP contribution in [-0.4, -0.2) is 18.8 Å². The van der Waals surface area contributed by atoms with Crippen LogP contribution in [0.15, 0.2) is 88.6 Å². The fraction of sp³-hybridized carbons (Fsp3) is 0.357. The summed E-state index contributed by atoms with van der Waals surface area (Å²) >= 11 is 0. The Morgan fingerprint density at radius 2 is 1.87 bits per heavy atom. The Labute approximate surface area is 281 Å². The average molecular weight is 639 g/mol. The van der Waals surface area contributed by atoms with Crippen LogP contribution >= 0.6 is 0 Å². The van der Waals surface area contributed by atoms with Crippen molar-refractivity contribution in [3.05, 3.63) is 113 Å². The van der Waals surface area contributed by atoms with Gasteiger partial charge in [-0.15, -0.1) is 0 Å². The van der Waals surface area contributed by atoms with E-state index in [0.717, 1.165) is 64.7 Å². The zero-order valence-corrected chi connectivity index (χ0v) is 30.4. The van der Waals surface area contributed by atoms with E-state index in [4.69, 9.17) is 21.0 Å². The molecule has 0 saturated heterocycles. The molecule has 2 aliphatic heterocycles. The van der Waals surface area contributed by atoms with E-state index in [0.29, 0.717) is 11.6 Å². The van der Waals surface area contributed by atoms with E-state index < -0.39 is 8.07 Å². The molecule has 0 fully saturated rings. The molecule has 0 N–H and O–H groups in total. The molecule has 2 atom stereocenters. The molecule has 7 rings (SSSR count). The van der Waals surface area contributed by atoms with Crippen molar-refractivity contribution in [1.82, 2.24) is 4.98 Å². The Hall–Kier alpha value is -4.09. The topological polar surface area (TPSA) is 42.3 Å². The maximum absolute atomic E-state index is 6.69. The number of nitrogens with zero attached hydrogens (tertiary/aromatic N) is 3. The van der Waals surface area contributed by atoms with E-state index in [1.165, 1.54) is 38.7 Å². The highest BCUT2D eigenvalue weighted by atomic mass is 28.3. The van der Waals surface area contributed by atoms with Crippen LogP contribution < -0.4 is 9.75 Å². The van der Waals surface area contributed by atoms with Crippen molar-refractivity contribution in [2.45, 2.75) is 97.8 Å². The van der Waals surface area contributed by atoms with Gasteiger partial charge in [0.25, 0.3) is 0 Å². The maximum atomic E-state index is 6.69. The van der Waals surface area contributed by atoms with E-state index in [1.54, 1.807) is 0 Å². The molecule has 0 amide bonds. The summed E-state index contributed by atoms with van der Waals surface area (Å²) in [6.45, 7) is 23.3. The third-order valence-electron chi connectivity index (χ3n) is 10.2. The van der Waals surface area contributed by atoms with Gasteiger partial charge in [-0.25, -0.2) is 9.98 Å². The van der Waals surface area contributed by atoms with Gasteiger partial charge in [0.05, 0.1) is 19.7 Å². The van der Waals surface area contributed by atoms with Gasteiger partial charge in [-0.2, -0.15) is 4.57 Å². The van der Waals surface area contributed by atoms with Crippen LogP contribution in [0.2, 0.25) is 19.6 Å². The van der Waals surface area contributed by atoms with Crippen molar-refractivity contribution in [3.8, 4) is 11.3 Å². The summed E-state index contributed by atoms with van der Waals surface area (Å²) in [6.07, 6.45) is 10.9. The number of aromatic nitrogens is 2. The molecule has 2 aromatic carbocycles. The van der Waals surface area contributed by atoms with Gasteiger partial charge in [0.2, 0.25) is 17.4 Å². The van der Waals surface area contributed by atoms with Crippen molar-refractivity contribution in [1.29, 1.82) is 0 Å². The van der Waals surface area contributed by atoms with Crippen LogP contribution in [0, 0.1) is 13.8 Å². The number of unbranched alkanes of at least 4 members (excludes halogenated alkanes) is 1. The molecule has 5 aromatic rings. The number of allylic oxidation sites excluding steroid dienone is 3. The molecule has 47 heavy (non-hydrogen) atoms. The van der Waals surface area contributed by atoms with Crippen molar-refractivity contribution in [3.63, 3.8) is 0 Å². The minimum atomic E-state index is -1.66. The van der Waals surface area contributed by atoms with Gasteiger partial charge in [-0.1, -0.05) is 83.8 Å². The molecule has 0 aliphatic carbocycles. The van der Waals surface area contributed by atoms with Crippen LogP contribution in [-0.2, 0) is 6.42 Å². The lowest BCUT2D eigenvalue weighted by atomic mass is 9.78. The molecule has 5 heterocycles. The maximum Gasteiger partial charge on any atom is 0.227 e. The number of hydrogen-bond acceptors (Lipinski definition) is 3. The van der Waals surface area contributed by atoms with Crippen LogP contribution in [0.3, 0.4) is 0 Å². The van der Waals surface area contributed by atoms with E-state index in [2.05, 4.69) is 119 Å². The Balaban J connectivity index is 1.52. The summed E-state index contributed by atoms with van der Waals surface area (Å²) in [5.41, 5.74) is 13.5. The van der Waals surface area contributed by atoms with Crippen LogP contribution in [0.1, 0.15) is 91.4 Å². The third kappa shape index (κ3) is 5.33. The van der Waals surface area contributed by atoms with Crippen LogP contribution in [0.25, 0.3) is 33.3 Å². The summed E-state index contributed by atoms with van der Waals surface area (Å²) in [5.74, 6) is 0.689. The van der Waals surface area contributed by atoms with Gasteiger partial charge in [0.15, 0.2) is 6.20 Å². The number of hydrogen-bond donors (Lipinski definition) is 0. The summed E-state index contributed by atoms with van der Waals surface area (Å²) in [7, 11) is -1.66. The molecule has 5 heteroatoms. The van der Waals surface area contributed by atoms with Crippen molar-refractivity contribution < 1.29 is 8.98 Å². The number of furan rings is 1. The fourth-order valence-electron chi connectivity index (χ4n) is 8.00. The predicted octanol–water partition coefficient (Wildman–Crippen LogP) is 10.2. The molecule has 0 spiro atoms. The molecule has 240 valence electrons. The smallest absolute Gasteiger partial charge is 0.227 e. The zero-order valence-electron chi connectivity index (χ0n) is 29.4. The number of aliphatic imine (C=N–C) groups is 1. The minimum Gasteiger partial charge on any atom is -0.437 e. The predicted molar refractivity (Wildman–Crippen MR) is 200 cm³/mol. The Morgan fingerprint density at radius 1 is 1.09 bits per heavy atom. The monoisotopic (exact) mass is 638 g/mol. The largest absolute Gasteiger partial charge is 0.437 e. The Morgan fingerprint density at radius 3 is 2.62 bits per heavy atom. The molecule has 3 aromatic heterocycles. The second-order valence-electron chi connectivity index (χ2n) is 15.0. The first-order valence-electron chi connectivity index (χ1n) is 17.4. The molecule has 0 bridgehead atoms. The van der Waals surface area contributed by atoms with Gasteiger partial charge in [-0.3, -0.25) is 0 Å². The summed E-state index contributed by atoms with van der Waals surface area (Å²) in [6, 6.07) is 18.2. The highest BCUT2D eigenvalue weighted by Gasteiger charge is 2.44. The molecular formula is C42H48N3OSi+. The highest BCUT2D eigenvalue weighted by molar-refractivity contribution is 6.89. The second-order valence-corrected chi connectivity index (χ2v) is 20.1. The molecular weight excluding hydrogens is 591 g/mol. The number of benzene rings is 2. The SMILES string of the molecule is C=C1/N=C(/C=C\CCC)c2c(cc(C)c3c2oc2nc(C)ccc23)CCC2c3ccccc3-c3cc(C(C)C)c([Si](C)(C)C)c[n+]3C12. The average Bonchev–Trinajstić information content (AvgIpc) is 3.42. The Kier molecular flexibility index (Phi) is 7.95. The fourth-order valence-corrected chi connectivity index (χ4v) is 9.75. The van der Waals surface area contributed by atoms with Gasteiger partial charge in [0.1, 0.15) is 11.3 Å². The normalized spacial score (nSPS) is 19.2. The van der Waals surface area contributed by atoms with Gasteiger partial charge in [0, 0.05) is 38.8 Å². The molecule has 0 radical (unpaired) electrons. The molecule has 0 saturated carbocycles. The second kappa shape index (κ2) is 11.9. The van der Waals surface area contributed by atoms with Gasteiger partial charge in [-0.05, 0) is 85.6 Å². The minimum absolute atomic E-state index is 0.0108.